The second kappa shape index (κ2) is 10.2. The summed E-state index contributed by atoms with van der Waals surface area (Å²) < 4.78 is 0. The third kappa shape index (κ3) is 6.18. The molecular weight excluding hydrogens is 332 g/mol. The number of hydrogen-bond acceptors (Lipinski definition) is 2. The van der Waals surface area contributed by atoms with Crippen molar-refractivity contribution in [1.29, 1.82) is 0 Å². The first-order chi connectivity index (χ1) is 11.8. The minimum atomic E-state index is 0. The third-order valence-electron chi connectivity index (χ3n) is 4.70. The molecule has 1 saturated heterocycles. The van der Waals surface area contributed by atoms with E-state index in [9.17, 15) is 4.79 Å². The third-order valence-corrected chi connectivity index (χ3v) is 4.70. The van der Waals surface area contributed by atoms with Gasteiger partial charge >= 0.3 is 0 Å². The van der Waals surface area contributed by atoms with Crippen LogP contribution in [0, 0.1) is 0 Å². The topological polar surface area (TPSA) is 41.1 Å². The highest BCUT2D eigenvalue weighted by molar-refractivity contribution is 5.85. The highest BCUT2D eigenvalue weighted by Crippen LogP contribution is 2.20. The zero-order chi connectivity index (χ0) is 16.6. The molecule has 1 fully saturated rings. The lowest BCUT2D eigenvalue weighted by Gasteiger charge is -2.20. The molecule has 3 nitrogen and oxygen atoms in total. The maximum atomic E-state index is 12.4. The Bertz CT molecular complexity index is 627. The molecule has 0 saturated carbocycles. The molecule has 25 heavy (non-hydrogen) atoms. The van der Waals surface area contributed by atoms with E-state index in [1.54, 1.807) is 0 Å². The maximum absolute atomic E-state index is 12.4. The highest BCUT2D eigenvalue weighted by Gasteiger charge is 2.20. The number of amides is 1. The largest absolute Gasteiger partial charge is 0.349 e. The van der Waals surface area contributed by atoms with Gasteiger partial charge < -0.3 is 10.6 Å². The quantitative estimate of drug-likeness (QED) is 0.784. The summed E-state index contributed by atoms with van der Waals surface area (Å²) in [6.07, 6.45) is 4.73. The van der Waals surface area contributed by atoms with Gasteiger partial charge in [0.15, 0.2) is 0 Å². The second-order valence-electron chi connectivity index (χ2n) is 6.55. The zero-order valence-corrected chi connectivity index (χ0v) is 15.3. The van der Waals surface area contributed by atoms with E-state index in [2.05, 4.69) is 47.0 Å². The fourth-order valence-electron chi connectivity index (χ4n) is 3.37. The molecule has 2 atom stereocenters. The number of hydrogen-bond donors (Lipinski definition) is 2. The van der Waals surface area contributed by atoms with Crippen molar-refractivity contribution < 1.29 is 4.79 Å². The van der Waals surface area contributed by atoms with Crippen LogP contribution >= 0.6 is 12.4 Å². The molecule has 1 amide bonds. The summed E-state index contributed by atoms with van der Waals surface area (Å²) in [5.74, 6) is 0.149. The second-order valence-corrected chi connectivity index (χ2v) is 6.55. The van der Waals surface area contributed by atoms with E-state index < -0.39 is 0 Å². The predicted molar refractivity (Wildman–Crippen MR) is 105 cm³/mol. The van der Waals surface area contributed by atoms with E-state index in [1.165, 1.54) is 17.5 Å². The number of benzene rings is 2. The fraction of sp³-hybridized carbons (Fsp3) is 0.381. The predicted octanol–water partition coefficient (Wildman–Crippen LogP) is 4.04. The van der Waals surface area contributed by atoms with Gasteiger partial charge in [0.2, 0.25) is 5.91 Å². The Balaban J connectivity index is 0.00000225. The lowest BCUT2D eigenvalue weighted by atomic mass is 9.98. The van der Waals surface area contributed by atoms with Crippen LogP contribution in [0.25, 0.3) is 0 Å². The minimum Gasteiger partial charge on any atom is -0.349 e. The van der Waals surface area contributed by atoms with Gasteiger partial charge in [0.1, 0.15) is 0 Å². The van der Waals surface area contributed by atoms with E-state index in [1.807, 2.05) is 24.3 Å². The van der Waals surface area contributed by atoms with Crippen LogP contribution in [0.3, 0.4) is 0 Å². The van der Waals surface area contributed by atoms with E-state index in [4.69, 9.17) is 0 Å². The smallest absolute Gasteiger partial charge is 0.222 e. The van der Waals surface area contributed by atoms with Crippen LogP contribution in [0.15, 0.2) is 60.7 Å². The molecule has 3 rings (SSSR count). The number of carbonyl (C=O) groups is 1. The summed E-state index contributed by atoms with van der Waals surface area (Å²) in [7, 11) is 0. The molecular formula is C21H27ClN2O. The monoisotopic (exact) mass is 358 g/mol. The molecule has 2 N–H and O–H groups in total. The van der Waals surface area contributed by atoms with Gasteiger partial charge in [-0.1, -0.05) is 60.7 Å². The number of halogens is 1. The summed E-state index contributed by atoms with van der Waals surface area (Å²) in [6, 6.07) is 21.2. The van der Waals surface area contributed by atoms with Gasteiger partial charge in [0.05, 0.1) is 6.04 Å². The van der Waals surface area contributed by atoms with Crippen LogP contribution in [0.2, 0.25) is 0 Å². The van der Waals surface area contributed by atoms with Crippen LogP contribution in [0.5, 0.6) is 0 Å². The van der Waals surface area contributed by atoms with Crippen molar-refractivity contribution in [3.8, 4) is 0 Å². The average Bonchev–Trinajstić information content (AvgIpc) is 3.13. The first kappa shape index (κ1) is 19.5. The molecule has 2 aromatic rings. The molecule has 0 aromatic heterocycles. The van der Waals surface area contributed by atoms with Crippen LogP contribution < -0.4 is 10.6 Å². The van der Waals surface area contributed by atoms with E-state index in [0.29, 0.717) is 12.5 Å². The lowest BCUT2D eigenvalue weighted by molar-refractivity contribution is -0.122. The molecule has 2 aromatic carbocycles. The van der Waals surface area contributed by atoms with Crippen molar-refractivity contribution in [1.82, 2.24) is 10.6 Å². The molecule has 0 aliphatic carbocycles. The Kier molecular flexibility index (Phi) is 7.96. The molecule has 1 aliphatic rings. The molecule has 2 unspecified atom stereocenters. The van der Waals surface area contributed by atoms with Crippen LogP contribution in [0.1, 0.15) is 42.9 Å². The van der Waals surface area contributed by atoms with E-state index in [-0.39, 0.29) is 24.4 Å². The van der Waals surface area contributed by atoms with Crippen molar-refractivity contribution in [2.45, 2.75) is 44.2 Å². The van der Waals surface area contributed by atoms with Gasteiger partial charge in [-0.25, -0.2) is 0 Å². The summed E-state index contributed by atoms with van der Waals surface area (Å²) in [5.41, 5.74) is 2.49. The number of nitrogens with one attached hydrogen (secondary N) is 2. The summed E-state index contributed by atoms with van der Waals surface area (Å²) >= 11 is 0. The van der Waals surface area contributed by atoms with Crippen molar-refractivity contribution in [3.05, 3.63) is 71.8 Å². The van der Waals surface area contributed by atoms with Gasteiger partial charge in [0.25, 0.3) is 0 Å². The van der Waals surface area contributed by atoms with Gasteiger partial charge in [-0.2, -0.15) is 0 Å². The Labute approximate surface area is 156 Å². The Morgan fingerprint density at radius 2 is 1.76 bits per heavy atom. The van der Waals surface area contributed by atoms with E-state index in [0.717, 1.165) is 25.8 Å². The van der Waals surface area contributed by atoms with Crippen molar-refractivity contribution in [2.24, 2.45) is 0 Å². The van der Waals surface area contributed by atoms with Crippen molar-refractivity contribution in [2.75, 3.05) is 6.54 Å². The fourth-order valence-corrected chi connectivity index (χ4v) is 3.37. The zero-order valence-electron chi connectivity index (χ0n) is 14.5. The van der Waals surface area contributed by atoms with Gasteiger partial charge in [-0.3, -0.25) is 4.79 Å². The molecule has 4 heteroatoms. The van der Waals surface area contributed by atoms with Crippen LogP contribution in [-0.2, 0) is 11.2 Å². The first-order valence-electron chi connectivity index (χ1n) is 8.93. The van der Waals surface area contributed by atoms with Crippen molar-refractivity contribution >= 4 is 18.3 Å². The molecule has 1 heterocycles. The SMILES string of the molecule is Cl.O=C(CC1CCCN1)NC(CCc1ccccc1)c1ccccc1. The summed E-state index contributed by atoms with van der Waals surface area (Å²) in [5, 5.41) is 6.65. The molecule has 134 valence electrons. The Morgan fingerprint density at radius 1 is 1.08 bits per heavy atom. The van der Waals surface area contributed by atoms with Crippen LogP contribution in [0.4, 0.5) is 0 Å². The summed E-state index contributed by atoms with van der Waals surface area (Å²) in [4.78, 5) is 12.4. The Morgan fingerprint density at radius 3 is 2.40 bits per heavy atom. The normalized spacial score (nSPS) is 17.5. The van der Waals surface area contributed by atoms with Gasteiger partial charge in [-0.05, 0) is 43.4 Å². The average molecular weight is 359 g/mol. The molecule has 0 radical (unpaired) electrons. The maximum Gasteiger partial charge on any atom is 0.222 e. The van der Waals surface area contributed by atoms with E-state index >= 15 is 0 Å². The van der Waals surface area contributed by atoms with Crippen LogP contribution in [-0.4, -0.2) is 18.5 Å². The van der Waals surface area contributed by atoms with Gasteiger partial charge in [0, 0.05) is 12.5 Å². The number of aryl methyl sites for hydroxylation is 1. The molecule has 1 aliphatic heterocycles. The number of rotatable bonds is 7. The Hall–Kier alpha value is -1.84. The lowest BCUT2D eigenvalue weighted by Crippen LogP contribution is -2.34. The first-order valence-corrected chi connectivity index (χ1v) is 8.93. The standard InChI is InChI=1S/C21H26N2O.ClH/c24-21(16-19-12-7-15-22-19)23-20(18-10-5-2-6-11-18)14-13-17-8-3-1-4-9-17;/h1-6,8-11,19-20,22H,7,12-16H2,(H,23,24);1H. The summed E-state index contributed by atoms with van der Waals surface area (Å²) in [6.45, 7) is 1.04. The molecule has 0 bridgehead atoms. The minimum absolute atomic E-state index is 0. The highest BCUT2D eigenvalue weighted by atomic mass is 35.5. The van der Waals surface area contributed by atoms with Gasteiger partial charge in [-0.15, -0.1) is 12.4 Å². The van der Waals surface area contributed by atoms with Crippen molar-refractivity contribution in [3.63, 3.8) is 0 Å². The molecule has 0 spiro atoms. The number of carbonyl (C=O) groups excluding carboxylic acids is 1.